The quantitative estimate of drug-likeness (QED) is 0.728. The Balaban J connectivity index is 2.17. The van der Waals surface area contributed by atoms with Gasteiger partial charge in [0.1, 0.15) is 0 Å². The van der Waals surface area contributed by atoms with Gasteiger partial charge in [0, 0.05) is 5.69 Å². The maximum Gasteiger partial charge on any atom is 0.253 e. The summed E-state index contributed by atoms with van der Waals surface area (Å²) in [6.45, 7) is 1.83. The summed E-state index contributed by atoms with van der Waals surface area (Å²) in [5.41, 5.74) is 1.35. The number of anilines is 1. The molecule has 0 saturated heterocycles. The first-order valence-corrected chi connectivity index (χ1v) is 10.2. The average molecular weight is 413 g/mol. The van der Waals surface area contributed by atoms with Crippen molar-refractivity contribution in [1.29, 1.82) is 0 Å². The summed E-state index contributed by atoms with van der Waals surface area (Å²) in [4.78, 5) is 12.5. The minimum Gasteiger partial charge on any atom is -0.493 e. The third-order valence-corrected chi connectivity index (χ3v) is 4.69. The number of ether oxygens (including phenoxy) is 2. The lowest BCUT2D eigenvalue weighted by Crippen LogP contribution is -2.27. The van der Waals surface area contributed by atoms with Crippen LogP contribution in [0.1, 0.15) is 28.9 Å². The fourth-order valence-electron chi connectivity index (χ4n) is 2.46. The van der Waals surface area contributed by atoms with Crippen molar-refractivity contribution in [1.82, 2.24) is 5.32 Å². The van der Waals surface area contributed by atoms with Gasteiger partial charge in [-0.25, -0.2) is 8.42 Å². The summed E-state index contributed by atoms with van der Waals surface area (Å²) >= 11 is 6.14. The van der Waals surface area contributed by atoms with Crippen molar-refractivity contribution in [2.24, 2.45) is 0 Å². The van der Waals surface area contributed by atoms with Gasteiger partial charge in [-0.3, -0.25) is 9.52 Å². The molecule has 2 aromatic carbocycles. The van der Waals surface area contributed by atoms with Gasteiger partial charge >= 0.3 is 0 Å². The second-order valence-electron chi connectivity index (χ2n) is 5.88. The van der Waals surface area contributed by atoms with Gasteiger partial charge in [-0.05, 0) is 42.8 Å². The van der Waals surface area contributed by atoms with Crippen LogP contribution in [0.3, 0.4) is 0 Å². The predicted molar refractivity (Wildman–Crippen MR) is 105 cm³/mol. The summed E-state index contributed by atoms with van der Waals surface area (Å²) in [7, 11) is -0.339. The highest BCUT2D eigenvalue weighted by molar-refractivity contribution is 7.92. The zero-order chi connectivity index (χ0) is 20.2. The molecule has 7 nitrogen and oxygen atoms in total. The molecule has 27 heavy (non-hydrogen) atoms. The van der Waals surface area contributed by atoms with Crippen molar-refractivity contribution in [2.75, 3.05) is 25.2 Å². The molecule has 0 heterocycles. The molecule has 0 aliphatic carbocycles. The molecule has 0 saturated carbocycles. The molecule has 0 aromatic heterocycles. The fraction of sp³-hybridized carbons (Fsp3) is 0.278. The standard InChI is InChI=1S/C18H21ClN2O5S/c1-11(12-5-8-16(25-2)17(9-12)26-3)20-18(22)14-7-6-13(10-15(14)19)21-27(4,23)24/h5-11,21H,1-4H3,(H,20,22)/t11-/m0/s1. The normalized spacial score (nSPS) is 12.2. The van der Waals surface area contributed by atoms with E-state index in [9.17, 15) is 13.2 Å². The van der Waals surface area contributed by atoms with Crippen molar-refractivity contribution in [3.8, 4) is 11.5 Å². The molecule has 2 N–H and O–H groups in total. The third kappa shape index (κ3) is 5.51. The maximum absolute atomic E-state index is 12.5. The fourth-order valence-corrected chi connectivity index (χ4v) is 3.28. The van der Waals surface area contributed by atoms with Crippen LogP contribution >= 0.6 is 11.6 Å². The average Bonchev–Trinajstić information content (AvgIpc) is 2.59. The van der Waals surface area contributed by atoms with E-state index < -0.39 is 10.0 Å². The summed E-state index contributed by atoms with van der Waals surface area (Å²) in [5, 5.41) is 2.99. The van der Waals surface area contributed by atoms with E-state index in [0.717, 1.165) is 11.8 Å². The Labute approximate surface area is 163 Å². The van der Waals surface area contributed by atoms with E-state index >= 15 is 0 Å². The van der Waals surface area contributed by atoms with Gasteiger partial charge in [-0.2, -0.15) is 0 Å². The molecule has 2 aromatic rings. The van der Waals surface area contributed by atoms with Gasteiger partial charge < -0.3 is 14.8 Å². The van der Waals surface area contributed by atoms with Crippen LogP contribution in [-0.2, 0) is 10.0 Å². The monoisotopic (exact) mass is 412 g/mol. The molecule has 1 atom stereocenters. The number of carbonyl (C=O) groups is 1. The molecule has 0 unspecified atom stereocenters. The van der Waals surface area contributed by atoms with Crippen molar-refractivity contribution < 1.29 is 22.7 Å². The Bertz CT molecular complexity index is 947. The highest BCUT2D eigenvalue weighted by atomic mass is 35.5. The van der Waals surface area contributed by atoms with Gasteiger partial charge in [0.15, 0.2) is 11.5 Å². The van der Waals surface area contributed by atoms with Crippen molar-refractivity contribution in [3.63, 3.8) is 0 Å². The van der Waals surface area contributed by atoms with Gasteiger partial charge in [-0.15, -0.1) is 0 Å². The van der Waals surface area contributed by atoms with Crippen LogP contribution in [0.25, 0.3) is 0 Å². The second-order valence-corrected chi connectivity index (χ2v) is 8.03. The molecular weight excluding hydrogens is 392 g/mol. The molecule has 146 valence electrons. The Morgan fingerprint density at radius 3 is 2.30 bits per heavy atom. The molecule has 2 rings (SSSR count). The number of nitrogens with one attached hydrogen (secondary N) is 2. The SMILES string of the molecule is COc1ccc([C@H](C)NC(=O)c2ccc(NS(C)(=O)=O)cc2Cl)cc1OC. The van der Waals surface area contributed by atoms with E-state index in [4.69, 9.17) is 21.1 Å². The lowest BCUT2D eigenvalue weighted by Gasteiger charge is -2.17. The number of methoxy groups -OCH3 is 2. The number of amides is 1. The van der Waals surface area contributed by atoms with Crippen molar-refractivity contribution in [3.05, 3.63) is 52.5 Å². The maximum atomic E-state index is 12.5. The van der Waals surface area contributed by atoms with E-state index in [1.165, 1.54) is 25.3 Å². The van der Waals surface area contributed by atoms with E-state index in [2.05, 4.69) is 10.0 Å². The minimum absolute atomic E-state index is 0.140. The minimum atomic E-state index is -3.43. The number of benzene rings is 2. The largest absolute Gasteiger partial charge is 0.493 e. The van der Waals surface area contributed by atoms with Crippen molar-refractivity contribution >= 4 is 33.2 Å². The van der Waals surface area contributed by atoms with Gasteiger partial charge in [0.05, 0.1) is 37.1 Å². The van der Waals surface area contributed by atoms with Crippen LogP contribution < -0.4 is 19.5 Å². The van der Waals surface area contributed by atoms with Crippen molar-refractivity contribution in [2.45, 2.75) is 13.0 Å². The van der Waals surface area contributed by atoms with Gasteiger partial charge in [0.2, 0.25) is 10.0 Å². The van der Waals surface area contributed by atoms with Crippen LogP contribution in [0.4, 0.5) is 5.69 Å². The summed E-state index contributed by atoms with van der Waals surface area (Å²) in [6.07, 6.45) is 1.03. The van der Waals surface area contributed by atoms with Crippen LogP contribution in [0.15, 0.2) is 36.4 Å². The zero-order valence-corrected chi connectivity index (χ0v) is 16.9. The molecule has 0 aliphatic rings. The highest BCUT2D eigenvalue weighted by Gasteiger charge is 2.17. The smallest absolute Gasteiger partial charge is 0.253 e. The lowest BCUT2D eigenvalue weighted by molar-refractivity contribution is 0.0940. The summed E-state index contributed by atoms with van der Waals surface area (Å²) < 4.78 is 35.3. The van der Waals surface area contributed by atoms with Crippen LogP contribution in [0, 0.1) is 0 Å². The molecule has 1 amide bonds. The zero-order valence-electron chi connectivity index (χ0n) is 15.4. The first kappa shape index (κ1) is 20.9. The molecule has 0 aliphatic heterocycles. The summed E-state index contributed by atoms with van der Waals surface area (Å²) in [6, 6.07) is 9.38. The van der Waals surface area contributed by atoms with E-state index in [-0.39, 0.29) is 28.2 Å². The highest BCUT2D eigenvalue weighted by Crippen LogP contribution is 2.30. The number of sulfonamides is 1. The van der Waals surface area contributed by atoms with Gasteiger partial charge in [-0.1, -0.05) is 17.7 Å². The first-order chi connectivity index (χ1) is 12.6. The third-order valence-electron chi connectivity index (χ3n) is 3.77. The Morgan fingerprint density at radius 2 is 1.74 bits per heavy atom. The molecule has 0 fully saturated rings. The Hall–Kier alpha value is -2.45. The predicted octanol–water partition coefficient (Wildman–Crippen LogP) is 3.22. The van der Waals surface area contributed by atoms with Gasteiger partial charge in [0.25, 0.3) is 5.91 Å². The Kier molecular flexibility index (Phi) is 6.56. The van der Waals surface area contributed by atoms with Crippen LogP contribution in [-0.4, -0.2) is 34.8 Å². The molecule has 0 bridgehead atoms. The topological polar surface area (TPSA) is 93.7 Å². The van der Waals surface area contributed by atoms with E-state index in [0.29, 0.717) is 11.5 Å². The van der Waals surface area contributed by atoms with E-state index in [1.807, 2.05) is 13.0 Å². The van der Waals surface area contributed by atoms with E-state index in [1.54, 1.807) is 19.2 Å². The second kappa shape index (κ2) is 8.49. The lowest BCUT2D eigenvalue weighted by atomic mass is 10.1. The number of halogens is 1. The molecular formula is C18H21ClN2O5S. The number of hydrogen-bond acceptors (Lipinski definition) is 5. The number of hydrogen-bond donors (Lipinski definition) is 2. The van der Waals surface area contributed by atoms with Crippen LogP contribution in [0.5, 0.6) is 11.5 Å². The number of rotatable bonds is 7. The number of carbonyl (C=O) groups excluding carboxylic acids is 1. The Morgan fingerprint density at radius 1 is 1.07 bits per heavy atom. The van der Waals surface area contributed by atoms with Crippen LogP contribution in [0.2, 0.25) is 5.02 Å². The molecule has 9 heteroatoms. The molecule has 0 spiro atoms. The molecule has 0 radical (unpaired) electrons. The first-order valence-electron chi connectivity index (χ1n) is 7.94. The summed E-state index contributed by atoms with van der Waals surface area (Å²) in [5.74, 6) is 0.773.